The summed E-state index contributed by atoms with van der Waals surface area (Å²) in [5.74, 6) is -0.332. The van der Waals surface area contributed by atoms with Crippen LogP contribution in [0.4, 0.5) is 0 Å². The lowest BCUT2D eigenvalue weighted by atomic mass is 9.88. The lowest BCUT2D eigenvalue weighted by Crippen LogP contribution is -1.98. The Bertz CT molecular complexity index is 1270. The van der Waals surface area contributed by atoms with Crippen LogP contribution in [0.1, 0.15) is 42.5 Å². The van der Waals surface area contributed by atoms with Gasteiger partial charge < -0.3 is 9.72 Å². The Labute approximate surface area is 188 Å². The minimum atomic E-state index is -0.332. The fourth-order valence-corrected chi connectivity index (χ4v) is 3.88. The second-order valence-corrected chi connectivity index (χ2v) is 7.41. The molecule has 0 aliphatic heterocycles. The highest BCUT2D eigenvalue weighted by Gasteiger charge is 2.14. The van der Waals surface area contributed by atoms with E-state index in [1.54, 1.807) is 19.3 Å². The normalized spacial score (nSPS) is 12.2. The number of fused-ring (bicyclic) bond motifs is 1. The highest BCUT2D eigenvalue weighted by molar-refractivity contribution is 6.00. The van der Waals surface area contributed by atoms with Crippen molar-refractivity contribution in [1.29, 1.82) is 0 Å². The number of nitrogens with zero attached hydrogens (tertiary/aromatic N) is 1. The van der Waals surface area contributed by atoms with Crippen molar-refractivity contribution in [3.8, 4) is 0 Å². The zero-order valence-electron chi connectivity index (χ0n) is 18.3. The van der Waals surface area contributed by atoms with Gasteiger partial charge in [0, 0.05) is 6.08 Å². The number of carbonyl (C=O) groups excluding carboxylic acids is 1. The number of hydrogen-bond donors (Lipinski definition) is 1. The average molecular weight is 423 g/mol. The number of ether oxygens (including phenoxy) is 1. The third-order valence-electron chi connectivity index (χ3n) is 5.39. The average Bonchev–Trinajstić information content (AvgIpc) is 3.30. The van der Waals surface area contributed by atoms with Crippen molar-refractivity contribution in [1.82, 2.24) is 9.97 Å². The van der Waals surface area contributed by atoms with Crippen LogP contribution in [0.5, 0.6) is 0 Å². The summed E-state index contributed by atoms with van der Waals surface area (Å²) in [5.41, 5.74) is 8.82. The van der Waals surface area contributed by atoms with E-state index in [0.717, 1.165) is 34.1 Å². The van der Waals surface area contributed by atoms with Crippen molar-refractivity contribution in [2.24, 2.45) is 0 Å². The predicted octanol–water partition coefficient (Wildman–Crippen LogP) is 6.51. The number of aromatic amines is 1. The van der Waals surface area contributed by atoms with E-state index in [-0.39, 0.29) is 5.97 Å². The van der Waals surface area contributed by atoms with Gasteiger partial charge in [-0.05, 0) is 65.0 Å². The number of hydrogen-bond acceptors (Lipinski definition) is 3. The molecule has 4 rings (SSSR count). The van der Waals surface area contributed by atoms with E-state index < -0.39 is 0 Å². The molecule has 4 heteroatoms. The molecule has 0 unspecified atom stereocenters. The summed E-state index contributed by atoms with van der Waals surface area (Å²) in [6, 6.07) is 25.1. The molecule has 0 atom stereocenters. The first kappa shape index (κ1) is 21.3. The zero-order valence-corrected chi connectivity index (χ0v) is 18.3. The lowest BCUT2D eigenvalue weighted by Gasteiger charge is -2.16. The van der Waals surface area contributed by atoms with Crippen LogP contribution >= 0.6 is 0 Å². The predicted molar refractivity (Wildman–Crippen MR) is 131 cm³/mol. The number of allylic oxidation sites excluding steroid dienone is 1. The van der Waals surface area contributed by atoms with Crippen molar-refractivity contribution >= 4 is 34.2 Å². The first-order valence-electron chi connectivity index (χ1n) is 10.9. The number of benzene rings is 3. The molecule has 0 amide bonds. The van der Waals surface area contributed by atoms with Crippen LogP contribution in [-0.4, -0.2) is 22.5 Å². The maximum absolute atomic E-state index is 11.6. The Morgan fingerprint density at radius 1 is 0.938 bits per heavy atom. The Balaban J connectivity index is 1.81. The number of rotatable bonds is 7. The van der Waals surface area contributed by atoms with Gasteiger partial charge in [0.15, 0.2) is 0 Å². The van der Waals surface area contributed by atoms with Crippen molar-refractivity contribution in [2.45, 2.75) is 20.3 Å². The van der Waals surface area contributed by atoms with E-state index in [2.05, 4.69) is 71.5 Å². The summed E-state index contributed by atoms with van der Waals surface area (Å²) in [6.45, 7) is 4.36. The molecule has 1 aromatic heterocycles. The highest BCUT2D eigenvalue weighted by atomic mass is 16.5. The molecule has 0 aliphatic rings. The Kier molecular flexibility index (Phi) is 6.61. The Morgan fingerprint density at radius 3 is 2.41 bits per heavy atom. The number of H-pyrrole nitrogens is 1. The van der Waals surface area contributed by atoms with Gasteiger partial charge in [-0.25, -0.2) is 9.78 Å². The molecule has 0 radical (unpaired) electrons. The lowest BCUT2D eigenvalue weighted by molar-refractivity contribution is -0.137. The van der Waals surface area contributed by atoms with E-state index >= 15 is 0 Å². The van der Waals surface area contributed by atoms with E-state index in [0.29, 0.717) is 6.61 Å². The molecule has 0 spiro atoms. The maximum atomic E-state index is 11.6. The Morgan fingerprint density at radius 2 is 1.69 bits per heavy atom. The minimum Gasteiger partial charge on any atom is -0.463 e. The smallest absolute Gasteiger partial charge is 0.330 e. The third kappa shape index (κ3) is 4.70. The standard InChI is InChI=1S/C28H26N2O2/c1-3-24(21-8-6-5-7-9-21)28(23-15-16-25-26(18-23)30-19-29-25)22-13-10-20(11-14-22)12-17-27(31)32-4-2/h5-19H,3-4H2,1-2H3,(H,29,30)/b17-12+,28-24+. The molecule has 3 aromatic carbocycles. The molecular weight excluding hydrogens is 396 g/mol. The molecule has 0 saturated heterocycles. The first-order valence-corrected chi connectivity index (χ1v) is 10.9. The maximum Gasteiger partial charge on any atom is 0.330 e. The molecule has 0 saturated carbocycles. The zero-order chi connectivity index (χ0) is 22.3. The van der Waals surface area contributed by atoms with E-state index in [9.17, 15) is 4.79 Å². The monoisotopic (exact) mass is 422 g/mol. The highest BCUT2D eigenvalue weighted by Crippen LogP contribution is 2.35. The molecule has 32 heavy (non-hydrogen) atoms. The molecular formula is C28H26N2O2. The molecule has 1 heterocycles. The fraction of sp³-hybridized carbons (Fsp3) is 0.143. The topological polar surface area (TPSA) is 55.0 Å². The summed E-state index contributed by atoms with van der Waals surface area (Å²) in [4.78, 5) is 19.2. The largest absolute Gasteiger partial charge is 0.463 e. The van der Waals surface area contributed by atoms with Crippen LogP contribution in [0.15, 0.2) is 85.2 Å². The number of carbonyl (C=O) groups is 1. The number of aromatic nitrogens is 2. The summed E-state index contributed by atoms with van der Waals surface area (Å²) >= 11 is 0. The van der Waals surface area contributed by atoms with E-state index in [1.807, 2.05) is 18.2 Å². The summed E-state index contributed by atoms with van der Waals surface area (Å²) in [5, 5.41) is 0. The molecule has 0 fully saturated rings. The van der Waals surface area contributed by atoms with Crippen LogP contribution in [0.3, 0.4) is 0 Å². The van der Waals surface area contributed by atoms with Crippen LogP contribution in [0.2, 0.25) is 0 Å². The van der Waals surface area contributed by atoms with Crippen molar-refractivity contribution in [3.05, 3.63) is 107 Å². The van der Waals surface area contributed by atoms with Crippen LogP contribution < -0.4 is 0 Å². The van der Waals surface area contributed by atoms with Crippen LogP contribution in [0.25, 0.3) is 28.3 Å². The van der Waals surface area contributed by atoms with Gasteiger partial charge in [0.1, 0.15) is 0 Å². The van der Waals surface area contributed by atoms with Gasteiger partial charge in [-0.3, -0.25) is 0 Å². The Hall–Kier alpha value is -3.92. The summed E-state index contributed by atoms with van der Waals surface area (Å²) in [7, 11) is 0. The van der Waals surface area contributed by atoms with Crippen molar-refractivity contribution in [3.63, 3.8) is 0 Å². The number of esters is 1. The number of nitrogens with one attached hydrogen (secondary N) is 1. The van der Waals surface area contributed by atoms with Gasteiger partial charge in [-0.1, -0.05) is 67.6 Å². The van der Waals surface area contributed by atoms with Crippen molar-refractivity contribution < 1.29 is 9.53 Å². The van der Waals surface area contributed by atoms with Gasteiger partial charge in [-0.2, -0.15) is 0 Å². The second-order valence-electron chi connectivity index (χ2n) is 7.41. The first-order chi connectivity index (χ1) is 15.7. The van der Waals surface area contributed by atoms with E-state index in [1.165, 1.54) is 22.8 Å². The van der Waals surface area contributed by atoms with Crippen molar-refractivity contribution in [2.75, 3.05) is 6.61 Å². The van der Waals surface area contributed by atoms with Gasteiger partial charge >= 0.3 is 5.97 Å². The quantitative estimate of drug-likeness (QED) is 0.210. The molecule has 0 aliphatic carbocycles. The van der Waals surface area contributed by atoms with Gasteiger partial charge in [0.25, 0.3) is 0 Å². The number of imidazole rings is 1. The van der Waals surface area contributed by atoms with Gasteiger partial charge in [0.2, 0.25) is 0 Å². The third-order valence-corrected chi connectivity index (χ3v) is 5.39. The summed E-state index contributed by atoms with van der Waals surface area (Å²) < 4.78 is 4.97. The molecule has 0 bridgehead atoms. The van der Waals surface area contributed by atoms with Gasteiger partial charge in [-0.15, -0.1) is 0 Å². The second kappa shape index (κ2) is 9.92. The molecule has 1 N–H and O–H groups in total. The summed E-state index contributed by atoms with van der Waals surface area (Å²) in [6.07, 6.45) is 5.85. The van der Waals surface area contributed by atoms with E-state index in [4.69, 9.17) is 4.74 Å². The minimum absolute atomic E-state index is 0.332. The molecule has 4 aromatic rings. The van der Waals surface area contributed by atoms with Gasteiger partial charge in [0.05, 0.1) is 24.0 Å². The molecule has 160 valence electrons. The van der Waals surface area contributed by atoms with Crippen LogP contribution in [0, 0.1) is 0 Å². The van der Waals surface area contributed by atoms with Crippen LogP contribution in [-0.2, 0) is 9.53 Å². The molecule has 4 nitrogen and oxygen atoms in total. The SMILES string of the molecule is CCOC(=O)/C=C/c1ccc(/C(=C(/CC)c2ccccc2)c2ccc3[nH]cnc3c2)cc1. The fourth-order valence-electron chi connectivity index (χ4n) is 3.88.